The van der Waals surface area contributed by atoms with Crippen molar-refractivity contribution in [2.24, 2.45) is 0 Å². The smallest absolute Gasteiger partial charge is 0.258 e. The fourth-order valence-electron chi connectivity index (χ4n) is 1.47. The SMILES string of the molecule is O=[N+]([O-])c1ccc(SC2C=CC=CC2)cc1. The van der Waals surface area contributed by atoms with Crippen LogP contribution in [0.3, 0.4) is 0 Å². The molecule has 0 amide bonds. The molecule has 1 aromatic carbocycles. The van der Waals surface area contributed by atoms with Crippen molar-refractivity contribution in [3.8, 4) is 0 Å². The molecule has 1 atom stereocenters. The summed E-state index contributed by atoms with van der Waals surface area (Å²) in [6, 6.07) is 6.69. The topological polar surface area (TPSA) is 43.1 Å². The van der Waals surface area contributed by atoms with Crippen LogP contribution in [0.2, 0.25) is 0 Å². The van der Waals surface area contributed by atoms with E-state index < -0.39 is 0 Å². The Labute approximate surface area is 98.0 Å². The zero-order valence-corrected chi connectivity index (χ0v) is 9.39. The van der Waals surface area contributed by atoms with Crippen LogP contribution in [0.15, 0.2) is 53.5 Å². The molecule has 0 N–H and O–H groups in total. The van der Waals surface area contributed by atoms with Gasteiger partial charge in [0, 0.05) is 22.3 Å². The van der Waals surface area contributed by atoms with E-state index in [0.717, 1.165) is 11.3 Å². The molecule has 0 aliphatic heterocycles. The lowest BCUT2D eigenvalue weighted by Gasteiger charge is -2.11. The van der Waals surface area contributed by atoms with E-state index in [9.17, 15) is 10.1 Å². The lowest BCUT2D eigenvalue weighted by Crippen LogP contribution is -1.98. The highest BCUT2D eigenvalue weighted by Crippen LogP contribution is 2.29. The van der Waals surface area contributed by atoms with E-state index >= 15 is 0 Å². The van der Waals surface area contributed by atoms with Crippen LogP contribution >= 0.6 is 11.8 Å². The maximum atomic E-state index is 10.5. The Bertz CT molecular complexity index is 437. The first-order valence-electron chi connectivity index (χ1n) is 5.00. The summed E-state index contributed by atoms with van der Waals surface area (Å²) in [5.74, 6) is 0. The zero-order valence-electron chi connectivity index (χ0n) is 8.58. The third-order valence-electron chi connectivity index (χ3n) is 2.28. The average Bonchev–Trinajstić information content (AvgIpc) is 2.31. The summed E-state index contributed by atoms with van der Waals surface area (Å²) >= 11 is 1.72. The number of thioether (sulfide) groups is 1. The van der Waals surface area contributed by atoms with Crippen LogP contribution in [0.5, 0.6) is 0 Å². The third kappa shape index (κ3) is 2.73. The summed E-state index contributed by atoms with van der Waals surface area (Å²) in [7, 11) is 0. The summed E-state index contributed by atoms with van der Waals surface area (Å²) in [4.78, 5) is 11.2. The van der Waals surface area contributed by atoms with Crippen molar-refractivity contribution in [3.63, 3.8) is 0 Å². The molecule has 0 heterocycles. The lowest BCUT2D eigenvalue weighted by atomic mass is 10.2. The number of benzene rings is 1. The highest BCUT2D eigenvalue weighted by atomic mass is 32.2. The van der Waals surface area contributed by atoms with Crippen molar-refractivity contribution in [3.05, 3.63) is 58.7 Å². The zero-order chi connectivity index (χ0) is 11.4. The Morgan fingerprint density at radius 3 is 2.56 bits per heavy atom. The minimum absolute atomic E-state index is 0.142. The standard InChI is InChI=1S/C12H11NO2S/c14-13(15)10-6-8-12(9-7-10)16-11-4-2-1-3-5-11/h1-4,6-9,11H,5H2. The van der Waals surface area contributed by atoms with Gasteiger partial charge in [0.05, 0.1) is 4.92 Å². The second kappa shape index (κ2) is 4.99. The molecule has 0 saturated heterocycles. The molecular formula is C12H11NO2S. The second-order valence-corrected chi connectivity index (χ2v) is 4.77. The molecular weight excluding hydrogens is 222 g/mol. The van der Waals surface area contributed by atoms with Gasteiger partial charge in [-0.3, -0.25) is 10.1 Å². The normalized spacial score (nSPS) is 18.6. The Morgan fingerprint density at radius 1 is 1.25 bits per heavy atom. The molecule has 0 radical (unpaired) electrons. The summed E-state index contributed by atoms with van der Waals surface area (Å²) in [6.45, 7) is 0. The molecule has 1 unspecified atom stereocenters. The van der Waals surface area contributed by atoms with E-state index in [-0.39, 0.29) is 10.6 Å². The van der Waals surface area contributed by atoms with Gasteiger partial charge in [-0.2, -0.15) is 0 Å². The second-order valence-electron chi connectivity index (χ2n) is 3.46. The highest BCUT2D eigenvalue weighted by Gasteiger charge is 2.09. The predicted molar refractivity (Wildman–Crippen MR) is 65.6 cm³/mol. The van der Waals surface area contributed by atoms with Gasteiger partial charge in [0.1, 0.15) is 0 Å². The molecule has 4 heteroatoms. The van der Waals surface area contributed by atoms with E-state index in [1.807, 2.05) is 12.2 Å². The number of nitro groups is 1. The number of rotatable bonds is 3. The Hall–Kier alpha value is -1.55. The van der Waals surface area contributed by atoms with Gasteiger partial charge in [-0.1, -0.05) is 24.3 Å². The largest absolute Gasteiger partial charge is 0.269 e. The number of non-ortho nitro benzene ring substituents is 1. The Morgan fingerprint density at radius 2 is 2.00 bits per heavy atom. The highest BCUT2D eigenvalue weighted by molar-refractivity contribution is 8.00. The van der Waals surface area contributed by atoms with E-state index in [0.29, 0.717) is 5.25 Å². The number of nitrogens with zero attached hydrogens (tertiary/aromatic N) is 1. The number of allylic oxidation sites excluding steroid dienone is 3. The Balaban J connectivity index is 2.02. The van der Waals surface area contributed by atoms with Crippen molar-refractivity contribution in [2.45, 2.75) is 16.6 Å². The molecule has 0 aromatic heterocycles. The van der Waals surface area contributed by atoms with Gasteiger partial charge >= 0.3 is 0 Å². The van der Waals surface area contributed by atoms with Crippen molar-refractivity contribution in [1.29, 1.82) is 0 Å². The maximum Gasteiger partial charge on any atom is 0.269 e. The van der Waals surface area contributed by atoms with Crippen LogP contribution < -0.4 is 0 Å². The summed E-state index contributed by atoms with van der Waals surface area (Å²) in [6.07, 6.45) is 9.35. The maximum absolute atomic E-state index is 10.5. The van der Waals surface area contributed by atoms with E-state index in [2.05, 4.69) is 12.2 Å². The number of nitro benzene ring substituents is 1. The molecule has 2 rings (SSSR count). The lowest BCUT2D eigenvalue weighted by molar-refractivity contribution is -0.384. The van der Waals surface area contributed by atoms with Crippen LogP contribution in [0, 0.1) is 10.1 Å². The molecule has 1 aliphatic carbocycles. The van der Waals surface area contributed by atoms with Crippen LogP contribution in [0.25, 0.3) is 0 Å². The van der Waals surface area contributed by atoms with Crippen molar-refractivity contribution >= 4 is 17.4 Å². The molecule has 0 bridgehead atoms. The van der Waals surface area contributed by atoms with E-state index in [1.165, 1.54) is 0 Å². The fourth-order valence-corrected chi connectivity index (χ4v) is 2.49. The quantitative estimate of drug-likeness (QED) is 0.592. The van der Waals surface area contributed by atoms with E-state index in [1.54, 1.807) is 36.0 Å². The van der Waals surface area contributed by atoms with Crippen molar-refractivity contribution in [2.75, 3.05) is 0 Å². The van der Waals surface area contributed by atoms with Crippen molar-refractivity contribution in [1.82, 2.24) is 0 Å². The fraction of sp³-hybridized carbons (Fsp3) is 0.167. The van der Waals surface area contributed by atoms with E-state index in [4.69, 9.17) is 0 Å². The first-order valence-corrected chi connectivity index (χ1v) is 5.88. The van der Waals surface area contributed by atoms with Crippen LogP contribution in [0.1, 0.15) is 6.42 Å². The van der Waals surface area contributed by atoms with Crippen LogP contribution in [-0.2, 0) is 0 Å². The monoisotopic (exact) mass is 233 g/mol. The number of hydrogen-bond acceptors (Lipinski definition) is 3. The van der Waals surface area contributed by atoms with Crippen LogP contribution in [-0.4, -0.2) is 10.2 Å². The van der Waals surface area contributed by atoms with Gasteiger partial charge in [0.25, 0.3) is 5.69 Å². The third-order valence-corrected chi connectivity index (χ3v) is 3.47. The molecule has 0 saturated carbocycles. The summed E-state index contributed by atoms with van der Waals surface area (Å²) in [5, 5.41) is 10.9. The molecule has 1 aromatic rings. The summed E-state index contributed by atoms with van der Waals surface area (Å²) < 4.78 is 0. The van der Waals surface area contributed by atoms with Gasteiger partial charge in [-0.05, 0) is 18.6 Å². The minimum atomic E-state index is -0.377. The van der Waals surface area contributed by atoms with Crippen LogP contribution in [0.4, 0.5) is 5.69 Å². The first-order chi connectivity index (χ1) is 7.75. The van der Waals surface area contributed by atoms with Crippen molar-refractivity contribution < 1.29 is 4.92 Å². The van der Waals surface area contributed by atoms with Gasteiger partial charge in [0.2, 0.25) is 0 Å². The molecule has 16 heavy (non-hydrogen) atoms. The molecule has 0 spiro atoms. The number of hydrogen-bond donors (Lipinski definition) is 0. The minimum Gasteiger partial charge on any atom is -0.258 e. The molecule has 0 fully saturated rings. The average molecular weight is 233 g/mol. The predicted octanol–water partition coefficient (Wildman–Crippen LogP) is 3.57. The van der Waals surface area contributed by atoms with Gasteiger partial charge in [0.15, 0.2) is 0 Å². The molecule has 1 aliphatic rings. The molecule has 3 nitrogen and oxygen atoms in total. The Kier molecular flexibility index (Phi) is 3.41. The van der Waals surface area contributed by atoms with Gasteiger partial charge in [-0.25, -0.2) is 0 Å². The van der Waals surface area contributed by atoms with Gasteiger partial charge < -0.3 is 0 Å². The molecule has 82 valence electrons. The van der Waals surface area contributed by atoms with Gasteiger partial charge in [-0.15, -0.1) is 11.8 Å². The first kappa shape index (κ1) is 11.0. The summed E-state index contributed by atoms with van der Waals surface area (Å²) in [5.41, 5.74) is 0.142.